The topological polar surface area (TPSA) is 116 Å². The molecule has 35 heavy (non-hydrogen) atoms. The van der Waals surface area contributed by atoms with E-state index in [0.717, 1.165) is 57.0 Å². The maximum Gasteiger partial charge on any atom is 0.270 e. The lowest BCUT2D eigenvalue weighted by Crippen LogP contribution is -2.36. The summed E-state index contributed by atoms with van der Waals surface area (Å²) in [7, 11) is 0. The maximum absolute atomic E-state index is 12.4. The number of aromatic amines is 1. The number of benzene rings is 2. The molecular weight excluding hydrogens is 444 g/mol. The Bertz CT molecular complexity index is 1230. The number of nitrogens with one attached hydrogen (secondary N) is 2. The predicted octanol–water partition coefficient (Wildman–Crippen LogP) is 3.25. The molecule has 2 N–H and O–H groups in total. The number of hydrazone groups is 1. The molecule has 180 valence electrons. The molecule has 0 atom stereocenters. The van der Waals surface area contributed by atoms with Gasteiger partial charge in [0.1, 0.15) is 17.4 Å². The number of nitrogens with zero attached hydrogens (tertiary/aromatic N) is 4. The van der Waals surface area contributed by atoms with Crippen molar-refractivity contribution >= 4 is 12.2 Å². The van der Waals surface area contributed by atoms with Gasteiger partial charge in [-0.3, -0.25) is 14.7 Å². The van der Waals surface area contributed by atoms with Crippen molar-refractivity contribution in [3.05, 3.63) is 76.1 Å². The molecular formula is C26H28N6O3. The molecule has 1 aliphatic rings. The van der Waals surface area contributed by atoms with Gasteiger partial charge in [-0.1, -0.05) is 42.5 Å². The van der Waals surface area contributed by atoms with Gasteiger partial charge in [0.25, 0.3) is 5.56 Å². The number of anilines is 1. The van der Waals surface area contributed by atoms with Crippen LogP contribution in [0.5, 0.6) is 5.75 Å². The Hall–Kier alpha value is -4.00. The van der Waals surface area contributed by atoms with Crippen LogP contribution in [0.25, 0.3) is 11.3 Å². The zero-order chi connectivity index (χ0) is 24.3. The number of unbranched alkanes of at least 4 members (excludes halogenated alkanes) is 1. The molecule has 0 radical (unpaired) electrons. The van der Waals surface area contributed by atoms with E-state index in [0.29, 0.717) is 17.9 Å². The molecule has 2 aromatic carbocycles. The van der Waals surface area contributed by atoms with Gasteiger partial charge in [-0.05, 0) is 31.5 Å². The Morgan fingerprint density at radius 2 is 1.91 bits per heavy atom. The van der Waals surface area contributed by atoms with E-state index >= 15 is 0 Å². The molecule has 3 aromatic rings. The summed E-state index contributed by atoms with van der Waals surface area (Å²) < 4.78 is 11.4. The van der Waals surface area contributed by atoms with Crippen LogP contribution in [0.2, 0.25) is 0 Å². The normalized spacial score (nSPS) is 14.0. The molecule has 1 saturated heterocycles. The molecule has 0 spiro atoms. The molecule has 1 aromatic heterocycles. The van der Waals surface area contributed by atoms with Gasteiger partial charge in [-0.2, -0.15) is 10.4 Å². The SMILES string of the molecule is N#Cc1c(-c2ccccc2)nc(NN=Cc2ccccc2OCCCCN2CCOCC2)[nH]c1=O. The molecule has 9 nitrogen and oxygen atoms in total. The van der Waals surface area contributed by atoms with Crippen molar-refractivity contribution in [2.45, 2.75) is 12.8 Å². The number of rotatable bonds is 10. The van der Waals surface area contributed by atoms with Crippen molar-refractivity contribution in [3.63, 3.8) is 0 Å². The number of nitriles is 1. The Kier molecular flexibility index (Phi) is 8.59. The number of H-pyrrole nitrogens is 1. The van der Waals surface area contributed by atoms with Crippen LogP contribution in [0.15, 0.2) is 64.5 Å². The van der Waals surface area contributed by atoms with Crippen LogP contribution >= 0.6 is 0 Å². The van der Waals surface area contributed by atoms with E-state index < -0.39 is 5.56 Å². The largest absolute Gasteiger partial charge is 0.493 e. The van der Waals surface area contributed by atoms with E-state index in [1.807, 2.05) is 48.5 Å². The predicted molar refractivity (Wildman–Crippen MR) is 135 cm³/mol. The molecule has 1 aliphatic heterocycles. The lowest BCUT2D eigenvalue weighted by atomic mass is 10.1. The first kappa shape index (κ1) is 24.1. The van der Waals surface area contributed by atoms with Gasteiger partial charge in [0, 0.05) is 24.2 Å². The first-order valence-electron chi connectivity index (χ1n) is 11.7. The average Bonchev–Trinajstić information content (AvgIpc) is 2.90. The highest BCUT2D eigenvalue weighted by Gasteiger charge is 2.13. The number of aromatic nitrogens is 2. The van der Waals surface area contributed by atoms with E-state index in [-0.39, 0.29) is 11.5 Å². The van der Waals surface area contributed by atoms with E-state index in [4.69, 9.17) is 9.47 Å². The lowest BCUT2D eigenvalue weighted by Gasteiger charge is -2.26. The Labute approximate surface area is 204 Å². The van der Waals surface area contributed by atoms with Crippen molar-refractivity contribution in [1.29, 1.82) is 5.26 Å². The van der Waals surface area contributed by atoms with Gasteiger partial charge in [-0.15, -0.1) is 0 Å². The summed E-state index contributed by atoms with van der Waals surface area (Å²) in [5.74, 6) is 0.876. The minimum absolute atomic E-state index is 0.0434. The minimum atomic E-state index is -0.528. The summed E-state index contributed by atoms with van der Waals surface area (Å²) in [6, 6.07) is 18.6. The lowest BCUT2D eigenvalue weighted by molar-refractivity contribution is 0.0368. The fourth-order valence-corrected chi connectivity index (χ4v) is 3.76. The standard InChI is InChI=1S/C26H28N6O3/c27-18-22-24(20-8-2-1-3-9-20)29-26(30-25(22)33)31-28-19-21-10-4-5-11-23(21)35-15-7-6-12-32-13-16-34-17-14-32/h1-5,8-11,19H,6-7,12-17H2,(H2,29,30,31,33). The van der Waals surface area contributed by atoms with Crippen LogP contribution in [0, 0.1) is 11.3 Å². The van der Waals surface area contributed by atoms with Crippen molar-refractivity contribution in [2.24, 2.45) is 5.10 Å². The van der Waals surface area contributed by atoms with Crippen LogP contribution in [-0.2, 0) is 4.74 Å². The van der Waals surface area contributed by atoms with Crippen LogP contribution < -0.4 is 15.7 Å². The van der Waals surface area contributed by atoms with E-state index in [1.54, 1.807) is 18.3 Å². The molecule has 1 fully saturated rings. The first-order chi connectivity index (χ1) is 17.2. The summed E-state index contributed by atoms with van der Waals surface area (Å²) >= 11 is 0. The summed E-state index contributed by atoms with van der Waals surface area (Å²) in [6.07, 6.45) is 3.64. The smallest absolute Gasteiger partial charge is 0.270 e. The molecule has 0 unspecified atom stereocenters. The van der Waals surface area contributed by atoms with Crippen LogP contribution in [0.1, 0.15) is 24.0 Å². The molecule has 0 aliphatic carbocycles. The number of ether oxygens (including phenoxy) is 2. The number of morpholine rings is 1. The number of hydrogen-bond donors (Lipinski definition) is 2. The van der Waals surface area contributed by atoms with Crippen molar-refractivity contribution in [3.8, 4) is 23.1 Å². The molecule has 0 saturated carbocycles. The molecule has 0 amide bonds. The number of para-hydroxylation sites is 1. The van der Waals surface area contributed by atoms with Gasteiger partial charge < -0.3 is 9.47 Å². The fourth-order valence-electron chi connectivity index (χ4n) is 3.76. The van der Waals surface area contributed by atoms with E-state index in [2.05, 4.69) is 25.4 Å². The summed E-state index contributed by atoms with van der Waals surface area (Å²) in [6.45, 7) is 5.31. The Balaban J connectivity index is 1.36. The van der Waals surface area contributed by atoms with Crippen LogP contribution in [0.3, 0.4) is 0 Å². The third-order valence-electron chi connectivity index (χ3n) is 5.60. The van der Waals surface area contributed by atoms with Gasteiger partial charge in [-0.25, -0.2) is 10.4 Å². The maximum atomic E-state index is 12.4. The molecule has 9 heteroatoms. The number of hydrogen-bond acceptors (Lipinski definition) is 8. The second kappa shape index (κ2) is 12.5. The van der Waals surface area contributed by atoms with Crippen molar-refractivity contribution < 1.29 is 9.47 Å². The average molecular weight is 473 g/mol. The zero-order valence-corrected chi connectivity index (χ0v) is 19.4. The highest BCUT2D eigenvalue weighted by Crippen LogP contribution is 2.20. The molecule has 2 heterocycles. The summed E-state index contributed by atoms with van der Waals surface area (Å²) in [5, 5.41) is 13.6. The minimum Gasteiger partial charge on any atom is -0.493 e. The second-order valence-electron chi connectivity index (χ2n) is 8.03. The summed E-state index contributed by atoms with van der Waals surface area (Å²) in [4.78, 5) is 21.7. The van der Waals surface area contributed by atoms with E-state index in [1.165, 1.54) is 0 Å². The van der Waals surface area contributed by atoms with Crippen LogP contribution in [0.4, 0.5) is 5.95 Å². The van der Waals surface area contributed by atoms with Crippen molar-refractivity contribution in [2.75, 3.05) is 44.9 Å². The third-order valence-corrected chi connectivity index (χ3v) is 5.60. The van der Waals surface area contributed by atoms with Gasteiger partial charge in [0.15, 0.2) is 0 Å². The van der Waals surface area contributed by atoms with E-state index in [9.17, 15) is 10.1 Å². The Morgan fingerprint density at radius 3 is 2.71 bits per heavy atom. The highest BCUT2D eigenvalue weighted by atomic mass is 16.5. The summed E-state index contributed by atoms with van der Waals surface area (Å²) in [5.41, 5.74) is 3.96. The highest BCUT2D eigenvalue weighted by molar-refractivity contribution is 5.83. The second-order valence-corrected chi connectivity index (χ2v) is 8.03. The Morgan fingerprint density at radius 1 is 1.14 bits per heavy atom. The zero-order valence-electron chi connectivity index (χ0n) is 19.4. The van der Waals surface area contributed by atoms with Gasteiger partial charge in [0.2, 0.25) is 5.95 Å². The molecule has 0 bridgehead atoms. The first-order valence-corrected chi connectivity index (χ1v) is 11.7. The fraction of sp³-hybridized carbons (Fsp3) is 0.308. The van der Waals surface area contributed by atoms with Gasteiger partial charge >= 0.3 is 0 Å². The van der Waals surface area contributed by atoms with Crippen molar-refractivity contribution in [1.82, 2.24) is 14.9 Å². The monoisotopic (exact) mass is 472 g/mol. The quantitative estimate of drug-likeness (QED) is 0.264. The van der Waals surface area contributed by atoms with Crippen LogP contribution in [-0.4, -0.2) is 60.5 Å². The molecule has 4 rings (SSSR count). The third kappa shape index (κ3) is 6.76. The van der Waals surface area contributed by atoms with Gasteiger partial charge in [0.05, 0.1) is 31.7 Å².